The van der Waals surface area contributed by atoms with E-state index < -0.39 is 12.1 Å². The Morgan fingerprint density at radius 2 is 2.17 bits per heavy atom. The van der Waals surface area contributed by atoms with Crippen molar-refractivity contribution in [3.63, 3.8) is 0 Å². The summed E-state index contributed by atoms with van der Waals surface area (Å²) in [5.74, 6) is 0.375. The third-order valence-corrected chi connectivity index (χ3v) is 4.40. The number of carbonyl (C=O) groups is 2. The normalized spacial score (nSPS) is 17.3. The van der Waals surface area contributed by atoms with E-state index in [0.717, 1.165) is 24.1 Å². The number of hydrogen-bond donors (Lipinski definition) is 2. The molecule has 24 heavy (non-hydrogen) atoms. The van der Waals surface area contributed by atoms with Crippen LogP contribution in [0.15, 0.2) is 18.2 Å². The van der Waals surface area contributed by atoms with Crippen molar-refractivity contribution < 1.29 is 14.3 Å². The molecule has 0 aliphatic carbocycles. The third-order valence-electron chi connectivity index (χ3n) is 4.40. The van der Waals surface area contributed by atoms with E-state index in [1.54, 1.807) is 18.1 Å². The van der Waals surface area contributed by atoms with Gasteiger partial charge in [0.25, 0.3) is 0 Å². The van der Waals surface area contributed by atoms with E-state index in [1.165, 1.54) is 0 Å². The molecule has 0 unspecified atom stereocenters. The molecule has 0 bridgehead atoms. The first-order valence-corrected chi connectivity index (χ1v) is 8.56. The number of ether oxygens (including phenoxy) is 1. The Balaban J connectivity index is 2.29. The molecule has 1 aliphatic heterocycles. The fraction of sp³-hybridized carbons (Fsp3) is 0.556. The minimum absolute atomic E-state index is 0.129. The van der Waals surface area contributed by atoms with Crippen LogP contribution in [0, 0.1) is 0 Å². The van der Waals surface area contributed by atoms with Crippen LogP contribution in [0.1, 0.15) is 38.7 Å². The maximum atomic E-state index is 12.7. The molecule has 0 spiro atoms. The molecule has 6 nitrogen and oxygen atoms in total. The minimum atomic E-state index is -0.607. The molecule has 1 aromatic carbocycles. The average molecular weight is 333 g/mol. The van der Waals surface area contributed by atoms with E-state index >= 15 is 0 Å². The third kappa shape index (κ3) is 3.70. The van der Waals surface area contributed by atoms with Crippen LogP contribution in [-0.2, 0) is 16.0 Å². The van der Waals surface area contributed by atoms with E-state index in [1.807, 2.05) is 19.1 Å². The Kier molecular flexibility index (Phi) is 6.20. The summed E-state index contributed by atoms with van der Waals surface area (Å²) in [6.45, 7) is 4.55. The molecule has 1 heterocycles. The van der Waals surface area contributed by atoms with Crippen LogP contribution in [-0.4, -0.2) is 37.6 Å². The number of fused-ring (bicyclic) bond motifs is 1. The number of rotatable bonds is 7. The summed E-state index contributed by atoms with van der Waals surface area (Å²) in [5, 5.41) is 2.93. The summed E-state index contributed by atoms with van der Waals surface area (Å²) in [6, 6.07) is 4.35. The summed E-state index contributed by atoms with van der Waals surface area (Å²) in [4.78, 5) is 26.9. The first kappa shape index (κ1) is 18.3. The average Bonchev–Trinajstić information content (AvgIpc) is 2.98. The number of unbranched alkanes of at least 4 members (excludes halogenated alkanes) is 1. The van der Waals surface area contributed by atoms with Gasteiger partial charge in [-0.25, -0.2) is 0 Å². The molecule has 0 saturated heterocycles. The number of amides is 2. The number of nitrogens with zero attached hydrogens (tertiary/aromatic N) is 1. The summed E-state index contributed by atoms with van der Waals surface area (Å²) < 4.78 is 5.25. The van der Waals surface area contributed by atoms with Gasteiger partial charge in [0.2, 0.25) is 11.8 Å². The summed E-state index contributed by atoms with van der Waals surface area (Å²) in [5.41, 5.74) is 7.63. The highest BCUT2D eigenvalue weighted by Crippen LogP contribution is 2.35. The summed E-state index contributed by atoms with van der Waals surface area (Å²) >= 11 is 0. The number of hydrogen-bond acceptors (Lipinski definition) is 4. The van der Waals surface area contributed by atoms with E-state index in [-0.39, 0.29) is 11.8 Å². The Morgan fingerprint density at radius 3 is 2.79 bits per heavy atom. The summed E-state index contributed by atoms with van der Waals surface area (Å²) in [7, 11) is 1.60. The van der Waals surface area contributed by atoms with Gasteiger partial charge < -0.3 is 15.8 Å². The molecule has 6 heteroatoms. The van der Waals surface area contributed by atoms with Gasteiger partial charge in [-0.2, -0.15) is 0 Å². The number of nitrogens with two attached hydrogens (primary N) is 1. The molecule has 0 saturated carbocycles. The predicted octanol–water partition coefficient (Wildman–Crippen LogP) is 1.61. The van der Waals surface area contributed by atoms with Crippen molar-refractivity contribution in [1.29, 1.82) is 0 Å². The largest absolute Gasteiger partial charge is 0.497 e. The topological polar surface area (TPSA) is 84.7 Å². The van der Waals surface area contributed by atoms with Crippen molar-refractivity contribution in [3.8, 4) is 5.75 Å². The zero-order valence-corrected chi connectivity index (χ0v) is 14.7. The molecule has 0 fully saturated rings. The Bertz CT molecular complexity index is 603. The Hall–Kier alpha value is -2.08. The van der Waals surface area contributed by atoms with Gasteiger partial charge in [-0.15, -0.1) is 0 Å². The lowest BCUT2D eigenvalue weighted by Crippen LogP contribution is -2.53. The first-order valence-electron chi connectivity index (χ1n) is 8.56. The van der Waals surface area contributed by atoms with Crippen LogP contribution < -0.4 is 20.7 Å². The molecular formula is C18H27N3O3. The Labute approximate surface area is 143 Å². The second-order valence-corrected chi connectivity index (χ2v) is 6.08. The monoisotopic (exact) mass is 333 g/mol. The molecule has 0 radical (unpaired) electrons. The lowest BCUT2D eigenvalue weighted by atomic mass is 10.1. The molecule has 132 valence electrons. The number of methoxy groups -OCH3 is 1. The second-order valence-electron chi connectivity index (χ2n) is 6.08. The molecule has 0 aromatic heterocycles. The van der Waals surface area contributed by atoms with Gasteiger partial charge in [0.1, 0.15) is 11.8 Å². The van der Waals surface area contributed by atoms with Crippen molar-refractivity contribution in [2.24, 2.45) is 5.73 Å². The molecule has 2 rings (SSSR count). The Morgan fingerprint density at radius 1 is 1.42 bits per heavy atom. The van der Waals surface area contributed by atoms with E-state index in [0.29, 0.717) is 25.1 Å². The van der Waals surface area contributed by atoms with Gasteiger partial charge in [-0.05, 0) is 36.6 Å². The van der Waals surface area contributed by atoms with Crippen LogP contribution in [0.25, 0.3) is 0 Å². The SMILES string of the molecule is CCCCNC(=O)[C@H]1Cc2cc(OC)ccc2N1C(=O)[C@@H](N)CC. The van der Waals surface area contributed by atoms with Crippen LogP contribution >= 0.6 is 0 Å². The highest BCUT2D eigenvalue weighted by atomic mass is 16.5. The lowest BCUT2D eigenvalue weighted by molar-refractivity contribution is -0.126. The van der Waals surface area contributed by atoms with Crippen molar-refractivity contribution >= 4 is 17.5 Å². The molecule has 1 aliphatic rings. The number of carbonyl (C=O) groups excluding carboxylic acids is 2. The predicted molar refractivity (Wildman–Crippen MR) is 94.2 cm³/mol. The second kappa shape index (κ2) is 8.15. The minimum Gasteiger partial charge on any atom is -0.497 e. The van der Waals surface area contributed by atoms with Crippen molar-refractivity contribution in [2.75, 3.05) is 18.6 Å². The van der Waals surface area contributed by atoms with Crippen LogP contribution in [0.3, 0.4) is 0 Å². The van der Waals surface area contributed by atoms with E-state index in [4.69, 9.17) is 10.5 Å². The standard InChI is InChI=1S/C18H27N3O3/c1-4-6-9-20-17(22)16-11-12-10-13(24-3)7-8-15(12)21(16)18(23)14(19)5-2/h7-8,10,14,16H,4-6,9,11,19H2,1-3H3,(H,20,22)/t14-,16+/m0/s1. The van der Waals surface area contributed by atoms with Crippen molar-refractivity contribution in [1.82, 2.24) is 5.32 Å². The first-order chi connectivity index (χ1) is 11.5. The highest BCUT2D eigenvalue weighted by molar-refractivity contribution is 6.05. The molecule has 1 aromatic rings. The smallest absolute Gasteiger partial charge is 0.244 e. The van der Waals surface area contributed by atoms with Gasteiger partial charge in [-0.1, -0.05) is 20.3 Å². The lowest BCUT2D eigenvalue weighted by Gasteiger charge is -2.27. The van der Waals surface area contributed by atoms with Gasteiger partial charge in [0.15, 0.2) is 0 Å². The quantitative estimate of drug-likeness (QED) is 0.743. The summed E-state index contributed by atoms with van der Waals surface area (Å²) in [6.07, 6.45) is 2.94. The van der Waals surface area contributed by atoms with E-state index in [2.05, 4.69) is 12.2 Å². The maximum absolute atomic E-state index is 12.7. The zero-order chi connectivity index (χ0) is 17.7. The van der Waals surface area contributed by atoms with Gasteiger partial charge in [0.05, 0.1) is 13.2 Å². The number of nitrogens with one attached hydrogen (secondary N) is 1. The highest BCUT2D eigenvalue weighted by Gasteiger charge is 2.39. The van der Waals surface area contributed by atoms with Crippen LogP contribution in [0.5, 0.6) is 5.75 Å². The van der Waals surface area contributed by atoms with Crippen molar-refractivity contribution in [3.05, 3.63) is 23.8 Å². The number of anilines is 1. The molecule has 2 atom stereocenters. The van der Waals surface area contributed by atoms with Gasteiger partial charge >= 0.3 is 0 Å². The molecule has 3 N–H and O–H groups in total. The fourth-order valence-electron chi connectivity index (χ4n) is 2.90. The number of benzene rings is 1. The van der Waals surface area contributed by atoms with Crippen LogP contribution in [0.4, 0.5) is 5.69 Å². The maximum Gasteiger partial charge on any atom is 0.244 e. The van der Waals surface area contributed by atoms with Crippen molar-refractivity contribution in [2.45, 2.75) is 51.6 Å². The fourth-order valence-corrected chi connectivity index (χ4v) is 2.90. The van der Waals surface area contributed by atoms with Gasteiger partial charge in [0, 0.05) is 18.7 Å². The van der Waals surface area contributed by atoms with Gasteiger partial charge in [-0.3, -0.25) is 14.5 Å². The zero-order valence-electron chi connectivity index (χ0n) is 14.7. The molecular weight excluding hydrogens is 306 g/mol. The van der Waals surface area contributed by atoms with E-state index in [9.17, 15) is 9.59 Å². The van der Waals surface area contributed by atoms with Crippen LogP contribution in [0.2, 0.25) is 0 Å². The molecule has 2 amide bonds.